The smallest absolute Gasteiger partial charge is 0.0346 e. The molecule has 0 amide bonds. The quantitative estimate of drug-likeness (QED) is 0.633. The van der Waals surface area contributed by atoms with Crippen LogP contribution in [0.5, 0.6) is 0 Å². The van der Waals surface area contributed by atoms with Crippen LogP contribution in [0.3, 0.4) is 0 Å². The summed E-state index contributed by atoms with van der Waals surface area (Å²) in [6, 6.07) is 16.7. The zero-order valence-electron chi connectivity index (χ0n) is 9.10. The maximum absolute atomic E-state index is 4.18. The van der Waals surface area contributed by atoms with E-state index in [4.69, 9.17) is 0 Å². The molecular formula is C15H10BrN. The van der Waals surface area contributed by atoms with E-state index >= 15 is 0 Å². The van der Waals surface area contributed by atoms with Gasteiger partial charge >= 0.3 is 0 Å². The second-order valence-corrected chi connectivity index (χ2v) is 4.74. The Bertz CT molecular complexity index is 662. The lowest BCUT2D eigenvalue weighted by atomic mass is 10.00. The van der Waals surface area contributed by atoms with E-state index in [-0.39, 0.29) is 0 Å². The van der Waals surface area contributed by atoms with Crippen LogP contribution in [0.2, 0.25) is 0 Å². The molecule has 0 unspecified atom stereocenters. The Morgan fingerprint density at radius 1 is 0.824 bits per heavy atom. The Labute approximate surface area is 108 Å². The molecule has 0 bridgehead atoms. The summed E-state index contributed by atoms with van der Waals surface area (Å²) in [5.74, 6) is 0. The largest absolute Gasteiger partial charge is 0.264 e. The molecule has 0 fully saturated rings. The van der Waals surface area contributed by atoms with Crippen molar-refractivity contribution in [1.82, 2.24) is 4.98 Å². The van der Waals surface area contributed by atoms with Crippen LogP contribution < -0.4 is 0 Å². The molecule has 17 heavy (non-hydrogen) atoms. The lowest BCUT2D eigenvalue weighted by molar-refractivity contribution is 1.33. The first-order valence-corrected chi connectivity index (χ1v) is 6.23. The lowest BCUT2D eigenvalue weighted by Crippen LogP contribution is -1.83. The van der Waals surface area contributed by atoms with Gasteiger partial charge in [-0.25, -0.2) is 0 Å². The van der Waals surface area contributed by atoms with Crippen LogP contribution in [-0.2, 0) is 0 Å². The minimum atomic E-state index is 1.13. The van der Waals surface area contributed by atoms with Crippen molar-refractivity contribution in [3.05, 3.63) is 65.4 Å². The Kier molecular flexibility index (Phi) is 2.65. The zero-order valence-corrected chi connectivity index (χ0v) is 10.7. The first kappa shape index (κ1) is 10.5. The fraction of sp³-hybridized carbons (Fsp3) is 0. The van der Waals surface area contributed by atoms with E-state index in [1.54, 1.807) is 6.20 Å². The van der Waals surface area contributed by atoms with E-state index in [1.165, 1.54) is 16.3 Å². The standard InChI is InChI=1S/C15H10BrN/c16-15-8-7-12(11-4-3-9-17-10-11)13-5-1-2-6-14(13)15/h1-10H. The highest BCUT2D eigenvalue weighted by Crippen LogP contribution is 2.32. The van der Waals surface area contributed by atoms with Crippen molar-refractivity contribution in [1.29, 1.82) is 0 Å². The second kappa shape index (κ2) is 4.30. The number of nitrogens with zero attached hydrogens (tertiary/aromatic N) is 1. The molecule has 0 saturated carbocycles. The van der Waals surface area contributed by atoms with E-state index in [9.17, 15) is 0 Å². The monoisotopic (exact) mass is 283 g/mol. The van der Waals surface area contributed by atoms with Gasteiger partial charge in [-0.1, -0.05) is 52.3 Å². The van der Waals surface area contributed by atoms with E-state index < -0.39 is 0 Å². The highest BCUT2D eigenvalue weighted by molar-refractivity contribution is 9.10. The van der Waals surface area contributed by atoms with Crippen molar-refractivity contribution < 1.29 is 0 Å². The van der Waals surface area contributed by atoms with Crippen LogP contribution in [-0.4, -0.2) is 4.98 Å². The molecule has 2 heteroatoms. The van der Waals surface area contributed by atoms with E-state index in [0.717, 1.165) is 10.0 Å². The molecule has 0 atom stereocenters. The summed E-state index contributed by atoms with van der Waals surface area (Å²) >= 11 is 3.59. The predicted molar refractivity (Wildman–Crippen MR) is 74.9 cm³/mol. The van der Waals surface area contributed by atoms with Gasteiger partial charge in [0.05, 0.1) is 0 Å². The Morgan fingerprint density at radius 2 is 1.65 bits per heavy atom. The van der Waals surface area contributed by atoms with Gasteiger partial charge in [-0.3, -0.25) is 4.98 Å². The highest BCUT2D eigenvalue weighted by atomic mass is 79.9. The third kappa shape index (κ3) is 1.85. The maximum atomic E-state index is 4.18. The molecule has 0 N–H and O–H groups in total. The molecule has 2 aromatic carbocycles. The van der Waals surface area contributed by atoms with E-state index in [1.807, 2.05) is 12.3 Å². The van der Waals surface area contributed by atoms with Crippen molar-refractivity contribution in [3.8, 4) is 11.1 Å². The molecule has 0 saturated heterocycles. The van der Waals surface area contributed by atoms with Crippen LogP contribution in [0.4, 0.5) is 0 Å². The van der Waals surface area contributed by atoms with E-state index in [2.05, 4.69) is 63.4 Å². The van der Waals surface area contributed by atoms with Crippen LogP contribution in [0.1, 0.15) is 0 Å². The molecular weight excluding hydrogens is 274 g/mol. The molecule has 1 aromatic heterocycles. The molecule has 0 radical (unpaired) electrons. The van der Waals surface area contributed by atoms with Gasteiger partial charge < -0.3 is 0 Å². The van der Waals surface area contributed by atoms with Crippen LogP contribution in [0.25, 0.3) is 21.9 Å². The molecule has 0 aliphatic rings. The Balaban J connectivity index is 2.35. The number of pyridine rings is 1. The average Bonchev–Trinajstić information content (AvgIpc) is 2.41. The third-order valence-corrected chi connectivity index (χ3v) is 3.53. The summed E-state index contributed by atoms with van der Waals surface area (Å²) in [7, 11) is 0. The summed E-state index contributed by atoms with van der Waals surface area (Å²) in [6.45, 7) is 0. The topological polar surface area (TPSA) is 12.9 Å². The summed E-state index contributed by atoms with van der Waals surface area (Å²) in [5.41, 5.74) is 2.37. The molecule has 82 valence electrons. The molecule has 1 heterocycles. The van der Waals surface area contributed by atoms with Crippen molar-refractivity contribution in [2.24, 2.45) is 0 Å². The van der Waals surface area contributed by atoms with Gasteiger partial charge in [-0.05, 0) is 28.5 Å². The fourth-order valence-corrected chi connectivity index (χ4v) is 2.51. The van der Waals surface area contributed by atoms with Gasteiger partial charge in [-0.15, -0.1) is 0 Å². The highest BCUT2D eigenvalue weighted by Gasteiger charge is 2.05. The number of aromatic nitrogens is 1. The zero-order chi connectivity index (χ0) is 11.7. The van der Waals surface area contributed by atoms with Crippen molar-refractivity contribution >= 4 is 26.7 Å². The summed E-state index contributed by atoms with van der Waals surface area (Å²) in [4.78, 5) is 4.18. The number of hydrogen-bond acceptors (Lipinski definition) is 1. The molecule has 0 aliphatic carbocycles. The predicted octanol–water partition coefficient (Wildman–Crippen LogP) is 4.66. The van der Waals surface area contributed by atoms with Gasteiger partial charge in [0.2, 0.25) is 0 Å². The molecule has 3 rings (SSSR count). The number of fused-ring (bicyclic) bond motifs is 1. The van der Waals surface area contributed by atoms with Crippen LogP contribution >= 0.6 is 15.9 Å². The van der Waals surface area contributed by atoms with Gasteiger partial charge in [0.1, 0.15) is 0 Å². The fourth-order valence-electron chi connectivity index (χ4n) is 2.04. The van der Waals surface area contributed by atoms with Crippen molar-refractivity contribution in [3.63, 3.8) is 0 Å². The third-order valence-electron chi connectivity index (χ3n) is 2.84. The second-order valence-electron chi connectivity index (χ2n) is 3.88. The van der Waals surface area contributed by atoms with Gasteiger partial charge in [0.15, 0.2) is 0 Å². The molecule has 0 aliphatic heterocycles. The van der Waals surface area contributed by atoms with Gasteiger partial charge in [0.25, 0.3) is 0 Å². The first-order chi connectivity index (χ1) is 8.36. The SMILES string of the molecule is Brc1ccc(-c2cccnc2)c2ccccc12. The lowest BCUT2D eigenvalue weighted by Gasteiger charge is -2.07. The van der Waals surface area contributed by atoms with Crippen molar-refractivity contribution in [2.75, 3.05) is 0 Å². The molecule has 3 aromatic rings. The number of halogens is 1. The normalized spacial score (nSPS) is 10.6. The number of hydrogen-bond donors (Lipinski definition) is 0. The number of rotatable bonds is 1. The average molecular weight is 284 g/mol. The maximum Gasteiger partial charge on any atom is 0.0346 e. The Hall–Kier alpha value is -1.67. The van der Waals surface area contributed by atoms with Gasteiger partial charge in [0, 0.05) is 22.4 Å². The minimum Gasteiger partial charge on any atom is -0.264 e. The summed E-state index contributed by atoms with van der Waals surface area (Å²) in [6.07, 6.45) is 3.69. The van der Waals surface area contributed by atoms with Crippen LogP contribution in [0.15, 0.2) is 65.4 Å². The molecule has 1 nitrogen and oxygen atoms in total. The van der Waals surface area contributed by atoms with Crippen LogP contribution in [0, 0.1) is 0 Å². The minimum absolute atomic E-state index is 1.13. The first-order valence-electron chi connectivity index (χ1n) is 5.44. The van der Waals surface area contributed by atoms with Crippen molar-refractivity contribution in [2.45, 2.75) is 0 Å². The number of benzene rings is 2. The summed E-state index contributed by atoms with van der Waals surface area (Å²) < 4.78 is 1.13. The molecule has 0 spiro atoms. The Morgan fingerprint density at radius 3 is 2.41 bits per heavy atom. The summed E-state index contributed by atoms with van der Waals surface area (Å²) in [5, 5.41) is 2.48. The van der Waals surface area contributed by atoms with Gasteiger partial charge in [-0.2, -0.15) is 0 Å². The van der Waals surface area contributed by atoms with E-state index in [0.29, 0.717) is 0 Å².